The number of benzene rings is 1. The number of nitriles is 1. The predicted molar refractivity (Wildman–Crippen MR) is 116 cm³/mol. The zero-order valence-electron chi connectivity index (χ0n) is 17.0. The Morgan fingerprint density at radius 2 is 2.30 bits per heavy atom. The van der Waals surface area contributed by atoms with Crippen LogP contribution in [0.15, 0.2) is 24.4 Å². The van der Waals surface area contributed by atoms with Gasteiger partial charge in [-0.05, 0) is 44.0 Å². The zero-order valence-corrected chi connectivity index (χ0v) is 17.8. The van der Waals surface area contributed by atoms with Crippen LogP contribution in [0, 0.1) is 11.3 Å². The van der Waals surface area contributed by atoms with Gasteiger partial charge in [0.2, 0.25) is 0 Å². The lowest BCUT2D eigenvalue weighted by Gasteiger charge is -2.35. The topological polar surface area (TPSA) is 94.0 Å². The Bertz CT molecular complexity index is 1170. The predicted octanol–water partition coefficient (Wildman–Crippen LogP) is 3.01. The number of H-pyrrole nitrogens is 1. The van der Waals surface area contributed by atoms with E-state index in [1.165, 1.54) is 11.3 Å². The largest absolute Gasteiger partial charge is 0.377 e. The second-order valence-corrected chi connectivity index (χ2v) is 9.58. The Balaban J connectivity index is 1.45. The first-order valence-electron chi connectivity index (χ1n) is 10.1. The minimum absolute atomic E-state index is 0.0320. The summed E-state index contributed by atoms with van der Waals surface area (Å²) >= 11 is 1.47. The summed E-state index contributed by atoms with van der Waals surface area (Å²) < 4.78 is 5.79. The number of nitrogens with zero attached hydrogens (tertiary/aromatic N) is 3. The molecule has 1 aromatic carbocycles. The number of hydrogen-bond donors (Lipinski definition) is 2. The molecular formula is C22H23N5O2S. The molecule has 0 unspecified atom stereocenters. The molecule has 2 aliphatic rings. The second kappa shape index (κ2) is 7.11. The highest BCUT2D eigenvalue weighted by molar-refractivity contribution is 7.17. The van der Waals surface area contributed by atoms with Gasteiger partial charge in [0.1, 0.15) is 4.88 Å². The van der Waals surface area contributed by atoms with Gasteiger partial charge in [0.15, 0.2) is 5.13 Å². The summed E-state index contributed by atoms with van der Waals surface area (Å²) in [6.45, 7) is 6.04. The number of hydrogen-bond acceptors (Lipinski definition) is 6. The molecular weight excluding hydrogens is 398 g/mol. The summed E-state index contributed by atoms with van der Waals surface area (Å²) in [5.41, 5.74) is 3.45. The van der Waals surface area contributed by atoms with E-state index in [1.807, 2.05) is 38.2 Å². The highest BCUT2D eigenvalue weighted by Gasteiger charge is 2.35. The molecule has 7 nitrogen and oxygen atoms in total. The molecule has 1 saturated heterocycles. The third-order valence-electron chi connectivity index (χ3n) is 5.78. The van der Waals surface area contributed by atoms with Crippen LogP contribution >= 0.6 is 11.3 Å². The fourth-order valence-corrected chi connectivity index (χ4v) is 5.41. The molecule has 0 radical (unpaired) electrons. The number of aromatic amines is 1. The molecule has 1 amide bonds. The number of ether oxygens (including phenoxy) is 1. The maximum atomic E-state index is 12.5. The number of rotatable bonds is 3. The lowest BCUT2D eigenvalue weighted by molar-refractivity contribution is 0.0900. The summed E-state index contributed by atoms with van der Waals surface area (Å²) in [7, 11) is 0. The van der Waals surface area contributed by atoms with Gasteiger partial charge in [-0.3, -0.25) is 4.79 Å². The van der Waals surface area contributed by atoms with Crippen molar-refractivity contribution in [2.75, 3.05) is 24.7 Å². The van der Waals surface area contributed by atoms with E-state index in [0.717, 1.165) is 51.6 Å². The van der Waals surface area contributed by atoms with Crippen molar-refractivity contribution in [1.29, 1.82) is 5.26 Å². The van der Waals surface area contributed by atoms with Crippen molar-refractivity contribution in [1.82, 2.24) is 15.3 Å². The molecule has 2 aliphatic heterocycles. The number of carbonyl (C=O) groups excluding carboxylic acids is 1. The fourth-order valence-electron chi connectivity index (χ4n) is 4.33. The van der Waals surface area contributed by atoms with Crippen LogP contribution in [0.1, 0.15) is 40.3 Å². The second-order valence-electron chi connectivity index (χ2n) is 8.60. The maximum absolute atomic E-state index is 12.5. The van der Waals surface area contributed by atoms with Crippen LogP contribution in [0.5, 0.6) is 0 Å². The molecule has 8 heteroatoms. The van der Waals surface area contributed by atoms with Gasteiger partial charge in [-0.2, -0.15) is 5.26 Å². The number of morpholine rings is 1. The first kappa shape index (κ1) is 19.1. The van der Waals surface area contributed by atoms with Gasteiger partial charge in [0.05, 0.1) is 36.6 Å². The minimum Gasteiger partial charge on any atom is -0.377 e. The van der Waals surface area contributed by atoms with Crippen molar-refractivity contribution in [3.05, 3.63) is 46.1 Å². The highest BCUT2D eigenvalue weighted by Crippen LogP contribution is 2.34. The Hall–Kier alpha value is -2.89. The van der Waals surface area contributed by atoms with Gasteiger partial charge < -0.3 is 19.9 Å². The van der Waals surface area contributed by atoms with Crippen LogP contribution in [0.4, 0.5) is 5.13 Å². The molecule has 1 atom stereocenters. The van der Waals surface area contributed by atoms with E-state index in [0.29, 0.717) is 18.8 Å². The molecule has 0 spiro atoms. The van der Waals surface area contributed by atoms with Crippen LogP contribution in [0.3, 0.4) is 0 Å². The Morgan fingerprint density at radius 1 is 1.43 bits per heavy atom. The fraction of sp³-hybridized carbons (Fsp3) is 0.409. The van der Waals surface area contributed by atoms with E-state index in [2.05, 4.69) is 21.3 Å². The van der Waals surface area contributed by atoms with Crippen LogP contribution in [0.2, 0.25) is 0 Å². The standard InChI is InChI=1S/C22H23N5O2S/c1-22(2)9-18-19(20(28)26-22)30-21(25-18)27-5-6-29-12-15(27)8-14-11-24-17-4-3-13(10-23)7-16(14)17/h3-4,7,11,15,24H,5-6,8-9,12H2,1-2H3,(H,26,28)/t15-/m0/s1. The summed E-state index contributed by atoms with van der Waals surface area (Å²) in [4.78, 5) is 23.7. The van der Waals surface area contributed by atoms with Crippen molar-refractivity contribution in [2.24, 2.45) is 0 Å². The van der Waals surface area contributed by atoms with Crippen molar-refractivity contribution in [3.63, 3.8) is 0 Å². The van der Waals surface area contributed by atoms with Crippen molar-refractivity contribution in [3.8, 4) is 6.07 Å². The van der Waals surface area contributed by atoms with E-state index >= 15 is 0 Å². The number of nitrogens with one attached hydrogen (secondary N) is 2. The van der Waals surface area contributed by atoms with Crippen molar-refractivity contribution < 1.29 is 9.53 Å². The van der Waals surface area contributed by atoms with Crippen molar-refractivity contribution in [2.45, 2.75) is 38.3 Å². The highest BCUT2D eigenvalue weighted by atomic mass is 32.1. The van der Waals surface area contributed by atoms with Crippen molar-refractivity contribution >= 4 is 33.3 Å². The molecule has 154 valence electrons. The van der Waals surface area contributed by atoms with Crippen LogP contribution in [-0.2, 0) is 17.6 Å². The molecule has 3 aromatic rings. The minimum atomic E-state index is -0.275. The van der Waals surface area contributed by atoms with E-state index in [-0.39, 0.29) is 17.5 Å². The first-order valence-corrected chi connectivity index (χ1v) is 10.9. The molecule has 5 rings (SSSR count). The van der Waals surface area contributed by atoms with Gasteiger partial charge >= 0.3 is 0 Å². The summed E-state index contributed by atoms with van der Waals surface area (Å²) in [6.07, 6.45) is 3.53. The Labute approximate surface area is 178 Å². The molecule has 4 heterocycles. The average molecular weight is 422 g/mol. The van der Waals surface area contributed by atoms with Crippen LogP contribution in [-0.4, -0.2) is 47.2 Å². The van der Waals surface area contributed by atoms with Gasteiger partial charge in [-0.1, -0.05) is 11.3 Å². The van der Waals surface area contributed by atoms with E-state index in [9.17, 15) is 10.1 Å². The lowest BCUT2D eigenvalue weighted by atomic mass is 9.94. The first-order chi connectivity index (χ1) is 14.4. The molecule has 30 heavy (non-hydrogen) atoms. The number of aromatic nitrogens is 2. The monoisotopic (exact) mass is 421 g/mol. The quantitative estimate of drug-likeness (QED) is 0.678. The third kappa shape index (κ3) is 3.34. The Morgan fingerprint density at radius 3 is 3.13 bits per heavy atom. The van der Waals surface area contributed by atoms with Gasteiger partial charge in [0.25, 0.3) is 5.91 Å². The summed E-state index contributed by atoms with van der Waals surface area (Å²) in [5.74, 6) is -0.0320. The molecule has 0 bridgehead atoms. The van der Waals surface area contributed by atoms with E-state index in [4.69, 9.17) is 9.72 Å². The maximum Gasteiger partial charge on any atom is 0.263 e. The normalized spacial score (nSPS) is 20.6. The van der Waals surface area contributed by atoms with Crippen LogP contribution < -0.4 is 10.2 Å². The zero-order chi connectivity index (χ0) is 20.9. The number of amides is 1. The summed E-state index contributed by atoms with van der Waals surface area (Å²) in [6, 6.07) is 8.04. The van der Waals surface area contributed by atoms with E-state index < -0.39 is 0 Å². The number of thiazole rings is 1. The Kier molecular flexibility index (Phi) is 4.53. The lowest BCUT2D eigenvalue weighted by Crippen LogP contribution is -2.48. The molecule has 1 fully saturated rings. The molecule has 2 N–H and O–H groups in total. The molecule has 0 saturated carbocycles. The molecule has 2 aromatic heterocycles. The van der Waals surface area contributed by atoms with Crippen LogP contribution in [0.25, 0.3) is 10.9 Å². The SMILES string of the molecule is CC1(C)Cc2nc(N3CCOC[C@@H]3Cc3c[nH]c4ccc(C#N)cc34)sc2C(=O)N1. The number of anilines is 1. The number of carbonyl (C=O) groups is 1. The summed E-state index contributed by atoms with van der Waals surface area (Å²) in [5, 5.41) is 14.3. The van der Waals surface area contributed by atoms with E-state index in [1.54, 1.807) is 0 Å². The van der Waals surface area contributed by atoms with Gasteiger partial charge in [-0.15, -0.1) is 0 Å². The van der Waals surface area contributed by atoms with Gasteiger partial charge in [0, 0.05) is 35.6 Å². The smallest absolute Gasteiger partial charge is 0.263 e. The third-order valence-corrected chi connectivity index (χ3v) is 6.91. The number of fused-ring (bicyclic) bond motifs is 2. The van der Waals surface area contributed by atoms with Gasteiger partial charge in [-0.25, -0.2) is 4.98 Å². The molecule has 0 aliphatic carbocycles. The average Bonchev–Trinajstić information content (AvgIpc) is 3.31.